The second kappa shape index (κ2) is 5.97. The van der Waals surface area contributed by atoms with Gasteiger partial charge in [-0.2, -0.15) is 11.8 Å². The zero-order valence-corrected chi connectivity index (χ0v) is 15.2. The summed E-state index contributed by atoms with van der Waals surface area (Å²) in [5.41, 5.74) is 1.05. The van der Waals surface area contributed by atoms with Crippen molar-refractivity contribution in [2.75, 3.05) is 18.1 Å². The second-order valence-corrected chi connectivity index (χ2v) is 10.2. The van der Waals surface area contributed by atoms with Crippen LogP contribution >= 0.6 is 55.0 Å². The number of ether oxygens (including phenoxy) is 1. The van der Waals surface area contributed by atoms with Gasteiger partial charge >= 0.3 is 0 Å². The molecular formula is C13H16Br2O2S2. The van der Waals surface area contributed by atoms with Gasteiger partial charge in [-0.15, -0.1) is 11.3 Å². The minimum atomic E-state index is -0.386. The van der Waals surface area contributed by atoms with E-state index in [0.717, 1.165) is 44.8 Å². The van der Waals surface area contributed by atoms with Crippen molar-refractivity contribution < 1.29 is 9.84 Å². The molecule has 0 aromatic carbocycles. The van der Waals surface area contributed by atoms with Crippen molar-refractivity contribution in [1.82, 2.24) is 0 Å². The number of aliphatic hydroxyl groups excluding tert-OH is 1. The summed E-state index contributed by atoms with van der Waals surface area (Å²) in [5, 5.41) is 10.7. The maximum absolute atomic E-state index is 10.7. The minimum Gasteiger partial charge on any atom is -0.388 e. The van der Waals surface area contributed by atoms with E-state index in [1.807, 2.05) is 17.8 Å². The zero-order chi connectivity index (χ0) is 13.5. The predicted octanol–water partition coefficient (Wildman–Crippen LogP) is 4.61. The molecule has 3 rings (SSSR count). The number of hydrogen-bond donors (Lipinski definition) is 1. The van der Waals surface area contributed by atoms with E-state index in [-0.39, 0.29) is 11.7 Å². The van der Waals surface area contributed by atoms with Crippen LogP contribution in [0, 0.1) is 5.92 Å². The van der Waals surface area contributed by atoms with Gasteiger partial charge in [0.1, 0.15) is 0 Å². The van der Waals surface area contributed by atoms with Gasteiger partial charge in [0, 0.05) is 17.9 Å². The van der Waals surface area contributed by atoms with Crippen molar-refractivity contribution in [3.8, 4) is 0 Å². The predicted molar refractivity (Wildman–Crippen MR) is 88.0 cm³/mol. The van der Waals surface area contributed by atoms with E-state index in [0.29, 0.717) is 5.92 Å². The topological polar surface area (TPSA) is 29.5 Å². The molecular weight excluding hydrogens is 412 g/mol. The van der Waals surface area contributed by atoms with Gasteiger partial charge in [-0.3, -0.25) is 0 Å². The molecule has 2 aliphatic rings. The van der Waals surface area contributed by atoms with Gasteiger partial charge in [0.25, 0.3) is 0 Å². The Morgan fingerprint density at radius 1 is 1.47 bits per heavy atom. The highest BCUT2D eigenvalue weighted by Crippen LogP contribution is 2.46. The molecule has 0 saturated carbocycles. The number of thioether (sulfide) groups is 1. The highest BCUT2D eigenvalue weighted by molar-refractivity contribution is 9.12. The lowest BCUT2D eigenvalue weighted by molar-refractivity contribution is -0.102. The Labute approximate surface area is 138 Å². The number of thiophene rings is 1. The van der Waals surface area contributed by atoms with Gasteiger partial charge in [0.15, 0.2) is 0 Å². The van der Waals surface area contributed by atoms with Gasteiger partial charge in [-0.25, -0.2) is 0 Å². The summed E-state index contributed by atoms with van der Waals surface area (Å²) in [5.74, 6) is 2.59. The van der Waals surface area contributed by atoms with E-state index in [1.165, 1.54) is 5.75 Å². The number of halogens is 2. The maximum atomic E-state index is 10.7. The van der Waals surface area contributed by atoms with Crippen molar-refractivity contribution in [3.63, 3.8) is 0 Å². The van der Waals surface area contributed by atoms with Crippen LogP contribution in [0.2, 0.25) is 0 Å². The van der Waals surface area contributed by atoms with Gasteiger partial charge in [-0.05, 0) is 68.9 Å². The number of aliphatic hydroxyl groups is 1. The fourth-order valence-electron chi connectivity index (χ4n) is 3.01. The fraction of sp³-hybridized carbons (Fsp3) is 0.692. The monoisotopic (exact) mass is 426 g/mol. The largest absolute Gasteiger partial charge is 0.388 e. The molecule has 106 valence electrons. The van der Waals surface area contributed by atoms with Gasteiger partial charge in [-0.1, -0.05) is 0 Å². The van der Waals surface area contributed by atoms with E-state index in [4.69, 9.17) is 4.74 Å². The smallest absolute Gasteiger partial charge is 0.0839 e. The third kappa shape index (κ3) is 3.09. The molecule has 3 heterocycles. The van der Waals surface area contributed by atoms with E-state index in [9.17, 15) is 5.11 Å². The lowest BCUT2D eigenvalue weighted by atomic mass is 9.81. The Balaban J connectivity index is 1.76. The summed E-state index contributed by atoms with van der Waals surface area (Å²) in [6, 6.07) is 2.03. The van der Waals surface area contributed by atoms with Crippen LogP contribution in [0.4, 0.5) is 0 Å². The second-order valence-electron chi connectivity index (χ2n) is 5.31. The van der Waals surface area contributed by atoms with Crippen molar-refractivity contribution in [3.05, 3.63) is 19.2 Å². The van der Waals surface area contributed by atoms with E-state index in [1.54, 1.807) is 11.3 Å². The molecule has 0 amide bonds. The van der Waals surface area contributed by atoms with E-state index >= 15 is 0 Å². The standard InChI is InChI=1S/C13H16Br2O2S2/c14-10-5-9(12(15)19-10)11(16)8-1-3-17-13(6-8)2-4-18-7-13/h5,8,11,16H,1-4,6-7H2. The molecule has 1 aromatic heterocycles. The zero-order valence-electron chi connectivity index (χ0n) is 10.4. The van der Waals surface area contributed by atoms with Crippen LogP contribution in [0.5, 0.6) is 0 Å². The third-order valence-corrected chi connectivity index (χ3v) is 7.66. The Morgan fingerprint density at radius 2 is 2.32 bits per heavy atom. The molecule has 2 nitrogen and oxygen atoms in total. The van der Waals surface area contributed by atoms with Crippen molar-refractivity contribution in [1.29, 1.82) is 0 Å². The molecule has 2 saturated heterocycles. The van der Waals surface area contributed by atoms with Crippen LogP contribution in [-0.2, 0) is 4.74 Å². The van der Waals surface area contributed by atoms with E-state index < -0.39 is 0 Å². The van der Waals surface area contributed by atoms with Crippen LogP contribution < -0.4 is 0 Å². The summed E-state index contributed by atoms with van der Waals surface area (Å²) in [7, 11) is 0. The Bertz CT molecular complexity index is 457. The summed E-state index contributed by atoms with van der Waals surface area (Å²) < 4.78 is 8.12. The van der Waals surface area contributed by atoms with Crippen molar-refractivity contribution in [2.45, 2.75) is 31.0 Å². The first-order valence-electron chi connectivity index (χ1n) is 6.44. The Kier molecular flexibility index (Phi) is 4.67. The molecule has 2 fully saturated rings. The van der Waals surface area contributed by atoms with Crippen LogP contribution in [0.1, 0.15) is 30.9 Å². The first kappa shape index (κ1) is 14.9. The van der Waals surface area contributed by atoms with Crippen molar-refractivity contribution in [2.24, 2.45) is 5.92 Å². The van der Waals surface area contributed by atoms with Crippen LogP contribution in [-0.4, -0.2) is 28.8 Å². The number of hydrogen-bond acceptors (Lipinski definition) is 4. The highest BCUT2D eigenvalue weighted by atomic mass is 79.9. The average Bonchev–Trinajstić information content (AvgIpc) is 2.96. The van der Waals surface area contributed by atoms with Crippen LogP contribution in [0.15, 0.2) is 13.6 Å². The van der Waals surface area contributed by atoms with Crippen LogP contribution in [0.25, 0.3) is 0 Å². The molecule has 1 N–H and O–H groups in total. The first-order valence-corrected chi connectivity index (χ1v) is 10.00. The highest BCUT2D eigenvalue weighted by Gasteiger charge is 2.42. The van der Waals surface area contributed by atoms with Crippen molar-refractivity contribution >= 4 is 55.0 Å². The lowest BCUT2D eigenvalue weighted by Gasteiger charge is -2.39. The quantitative estimate of drug-likeness (QED) is 0.747. The molecule has 1 spiro atoms. The average molecular weight is 428 g/mol. The summed E-state index contributed by atoms with van der Waals surface area (Å²) >= 11 is 10.6. The normalized spacial score (nSPS) is 32.9. The molecule has 2 aliphatic heterocycles. The molecule has 1 aromatic rings. The molecule has 0 radical (unpaired) electrons. The SMILES string of the molecule is OC(c1cc(Br)sc1Br)C1CCOC2(CCSC2)C1. The molecule has 0 aliphatic carbocycles. The molecule has 0 bridgehead atoms. The summed E-state index contributed by atoms with van der Waals surface area (Å²) in [6.45, 7) is 0.783. The fourth-order valence-corrected chi connectivity index (χ4v) is 7.30. The summed E-state index contributed by atoms with van der Waals surface area (Å²) in [6.07, 6.45) is 2.69. The molecule has 6 heteroatoms. The first-order chi connectivity index (χ1) is 9.10. The minimum absolute atomic E-state index is 0.0360. The molecule has 3 unspecified atom stereocenters. The van der Waals surface area contributed by atoms with Gasteiger partial charge in [0.05, 0.1) is 19.3 Å². The Hall–Kier alpha value is 0.930. The number of rotatable bonds is 2. The van der Waals surface area contributed by atoms with Gasteiger partial charge in [0.2, 0.25) is 0 Å². The maximum Gasteiger partial charge on any atom is 0.0839 e. The lowest BCUT2D eigenvalue weighted by Crippen LogP contribution is -2.41. The third-order valence-electron chi connectivity index (χ3n) is 4.05. The summed E-state index contributed by atoms with van der Waals surface area (Å²) in [4.78, 5) is 0. The Morgan fingerprint density at radius 3 is 2.95 bits per heavy atom. The molecule has 3 atom stereocenters. The molecule has 19 heavy (non-hydrogen) atoms. The van der Waals surface area contributed by atoms with E-state index in [2.05, 4.69) is 31.9 Å². The van der Waals surface area contributed by atoms with Gasteiger partial charge < -0.3 is 9.84 Å². The van der Waals surface area contributed by atoms with Crippen LogP contribution in [0.3, 0.4) is 0 Å².